The van der Waals surface area contributed by atoms with Crippen LogP contribution in [0.25, 0.3) is 0 Å². The SMILES string of the molecule is COC[C@H](C(=O)N[C@@H](C[C@H]1C[C@@H]1c1ccccc1)B1OC(C)(C)C(C)(C)O1)c1nccnc1C(N)=O. The number of hydrogen-bond donors (Lipinski definition) is 2. The zero-order chi connectivity index (χ0) is 26.1. The summed E-state index contributed by atoms with van der Waals surface area (Å²) < 4.78 is 18.0. The molecular formula is C26H35BN4O5. The lowest BCUT2D eigenvalue weighted by Gasteiger charge is -2.32. The zero-order valence-electron chi connectivity index (χ0n) is 21.6. The minimum atomic E-state index is -0.875. The number of nitrogens with one attached hydrogen (secondary N) is 1. The maximum absolute atomic E-state index is 13.6. The molecule has 0 radical (unpaired) electrons. The molecule has 36 heavy (non-hydrogen) atoms. The molecule has 0 spiro atoms. The predicted molar refractivity (Wildman–Crippen MR) is 135 cm³/mol. The highest BCUT2D eigenvalue weighted by molar-refractivity contribution is 6.48. The van der Waals surface area contributed by atoms with Crippen LogP contribution in [-0.2, 0) is 18.8 Å². The van der Waals surface area contributed by atoms with Gasteiger partial charge in [0.2, 0.25) is 5.91 Å². The van der Waals surface area contributed by atoms with Crippen LogP contribution in [0.2, 0.25) is 0 Å². The van der Waals surface area contributed by atoms with Crippen LogP contribution in [0.5, 0.6) is 0 Å². The van der Waals surface area contributed by atoms with E-state index in [0.29, 0.717) is 18.3 Å². The molecule has 0 unspecified atom stereocenters. The van der Waals surface area contributed by atoms with Crippen molar-refractivity contribution in [3.05, 3.63) is 59.7 Å². The lowest BCUT2D eigenvalue weighted by atomic mass is 9.74. The molecule has 2 aliphatic rings. The Hall–Kier alpha value is -2.82. The summed E-state index contributed by atoms with van der Waals surface area (Å²) in [5.74, 6) is -1.57. The van der Waals surface area contributed by atoms with Gasteiger partial charge in [0.1, 0.15) is 11.6 Å². The van der Waals surface area contributed by atoms with Crippen LogP contribution in [0.15, 0.2) is 42.7 Å². The summed E-state index contributed by atoms with van der Waals surface area (Å²) in [6.07, 6.45) is 4.52. The minimum Gasteiger partial charge on any atom is -0.402 e. The van der Waals surface area contributed by atoms with Crippen LogP contribution >= 0.6 is 0 Å². The highest BCUT2D eigenvalue weighted by Gasteiger charge is 2.55. The molecule has 2 aromatic rings. The summed E-state index contributed by atoms with van der Waals surface area (Å²) in [6, 6.07) is 10.4. The van der Waals surface area contributed by atoms with Crippen LogP contribution in [0.4, 0.5) is 0 Å². The van der Waals surface area contributed by atoms with Gasteiger partial charge in [0.25, 0.3) is 5.91 Å². The minimum absolute atomic E-state index is 0.0109. The first-order valence-electron chi connectivity index (χ1n) is 12.3. The van der Waals surface area contributed by atoms with Crippen molar-refractivity contribution in [2.75, 3.05) is 13.7 Å². The van der Waals surface area contributed by atoms with Crippen molar-refractivity contribution in [2.24, 2.45) is 11.7 Å². The van der Waals surface area contributed by atoms with E-state index in [0.717, 1.165) is 6.42 Å². The number of hydrogen-bond acceptors (Lipinski definition) is 7. The van der Waals surface area contributed by atoms with Gasteiger partial charge in [-0.2, -0.15) is 0 Å². The Kier molecular flexibility index (Phi) is 7.50. The lowest BCUT2D eigenvalue weighted by Crippen LogP contribution is -2.50. The van der Waals surface area contributed by atoms with Gasteiger partial charge in [0.15, 0.2) is 0 Å². The number of primary amides is 1. The third-order valence-electron chi connectivity index (χ3n) is 7.57. The number of amides is 2. The normalized spacial score (nSPS) is 23.6. The molecule has 1 aromatic heterocycles. The van der Waals surface area contributed by atoms with Crippen molar-refractivity contribution >= 4 is 18.9 Å². The van der Waals surface area contributed by atoms with Crippen LogP contribution in [0.3, 0.4) is 0 Å². The smallest absolute Gasteiger partial charge is 0.402 e. The molecule has 1 saturated heterocycles. The molecule has 3 N–H and O–H groups in total. The summed E-state index contributed by atoms with van der Waals surface area (Å²) in [7, 11) is 0.859. The van der Waals surface area contributed by atoms with Gasteiger partial charge in [-0.05, 0) is 57.9 Å². The second kappa shape index (κ2) is 10.3. The van der Waals surface area contributed by atoms with Gasteiger partial charge in [0, 0.05) is 19.5 Å². The molecule has 10 heteroatoms. The molecule has 4 rings (SSSR count). The zero-order valence-corrected chi connectivity index (χ0v) is 21.6. The van der Waals surface area contributed by atoms with E-state index in [1.807, 2.05) is 45.9 Å². The largest absolute Gasteiger partial charge is 0.481 e. The molecule has 1 aliphatic carbocycles. The summed E-state index contributed by atoms with van der Waals surface area (Å²) in [5.41, 5.74) is 5.85. The van der Waals surface area contributed by atoms with E-state index in [-0.39, 0.29) is 23.9 Å². The van der Waals surface area contributed by atoms with Gasteiger partial charge in [-0.1, -0.05) is 30.3 Å². The summed E-state index contributed by atoms with van der Waals surface area (Å²) >= 11 is 0. The number of ether oxygens (including phenoxy) is 1. The van der Waals surface area contributed by atoms with E-state index in [4.69, 9.17) is 19.8 Å². The Morgan fingerprint density at radius 2 is 1.78 bits per heavy atom. The number of aromatic nitrogens is 2. The monoisotopic (exact) mass is 494 g/mol. The second-order valence-corrected chi connectivity index (χ2v) is 10.7. The molecule has 9 nitrogen and oxygen atoms in total. The van der Waals surface area contributed by atoms with Crippen LogP contribution in [0, 0.1) is 5.92 Å². The van der Waals surface area contributed by atoms with Gasteiger partial charge in [-0.3, -0.25) is 14.6 Å². The van der Waals surface area contributed by atoms with E-state index in [2.05, 4.69) is 27.4 Å². The van der Waals surface area contributed by atoms with Gasteiger partial charge >= 0.3 is 7.12 Å². The molecule has 2 amide bonds. The Balaban J connectivity index is 1.57. The highest BCUT2D eigenvalue weighted by atomic mass is 16.7. The van der Waals surface area contributed by atoms with E-state index in [1.54, 1.807) is 0 Å². The third kappa shape index (κ3) is 5.45. The van der Waals surface area contributed by atoms with E-state index < -0.39 is 36.1 Å². The average Bonchev–Trinajstić information content (AvgIpc) is 3.56. The third-order valence-corrected chi connectivity index (χ3v) is 7.57. The molecule has 2 fully saturated rings. The van der Waals surface area contributed by atoms with Gasteiger partial charge in [-0.15, -0.1) is 0 Å². The number of carbonyl (C=O) groups excluding carboxylic acids is 2. The number of carbonyl (C=O) groups is 2. The molecule has 1 aliphatic heterocycles. The van der Waals surface area contributed by atoms with E-state index in [1.165, 1.54) is 25.1 Å². The standard InChI is InChI=1S/C26H35BN4O5/c1-25(2)26(3,4)36-27(35-25)20(14-17-13-18(17)16-9-7-6-8-10-16)31-24(33)19(15-34-5)21-22(23(28)32)30-12-11-29-21/h6-12,17-20H,13-15H2,1-5H3,(H2,28,32)(H,31,33)/t17-,18-,19+,20+/m1/s1. The van der Waals surface area contributed by atoms with Crippen molar-refractivity contribution < 1.29 is 23.6 Å². The van der Waals surface area contributed by atoms with Crippen LogP contribution in [0.1, 0.15) is 74.1 Å². The quantitative estimate of drug-likeness (QED) is 0.487. The Morgan fingerprint density at radius 3 is 2.39 bits per heavy atom. The average molecular weight is 494 g/mol. The first-order chi connectivity index (χ1) is 17.0. The topological polar surface area (TPSA) is 126 Å². The summed E-state index contributed by atoms with van der Waals surface area (Å²) in [4.78, 5) is 33.9. The molecule has 1 aromatic carbocycles. The maximum Gasteiger partial charge on any atom is 0.481 e. The Morgan fingerprint density at radius 1 is 1.14 bits per heavy atom. The summed E-state index contributed by atoms with van der Waals surface area (Å²) in [5, 5.41) is 3.14. The molecule has 1 saturated carbocycles. The Labute approximate surface area is 212 Å². The number of rotatable bonds is 10. The van der Waals surface area contributed by atoms with Gasteiger partial charge in [-0.25, -0.2) is 4.98 Å². The number of methoxy groups -OCH3 is 1. The number of nitrogens with zero attached hydrogens (tertiary/aromatic N) is 2. The number of benzene rings is 1. The maximum atomic E-state index is 13.6. The van der Waals surface area contributed by atoms with Crippen molar-refractivity contribution in [1.82, 2.24) is 15.3 Å². The predicted octanol–water partition coefficient (Wildman–Crippen LogP) is 2.62. The van der Waals surface area contributed by atoms with E-state index >= 15 is 0 Å². The molecule has 0 bridgehead atoms. The fourth-order valence-electron chi connectivity index (χ4n) is 4.76. The first kappa shape index (κ1) is 26.3. The Bertz CT molecular complexity index is 1080. The van der Waals surface area contributed by atoms with E-state index in [9.17, 15) is 9.59 Å². The van der Waals surface area contributed by atoms with Crippen molar-refractivity contribution in [3.63, 3.8) is 0 Å². The fraction of sp³-hybridized carbons (Fsp3) is 0.538. The van der Waals surface area contributed by atoms with Gasteiger partial charge in [0.05, 0.1) is 29.4 Å². The van der Waals surface area contributed by atoms with Crippen LogP contribution in [-0.4, -0.2) is 59.8 Å². The fourth-order valence-corrected chi connectivity index (χ4v) is 4.76. The van der Waals surface area contributed by atoms with Crippen molar-refractivity contribution in [1.29, 1.82) is 0 Å². The molecular weight excluding hydrogens is 459 g/mol. The molecule has 192 valence electrons. The second-order valence-electron chi connectivity index (χ2n) is 10.7. The van der Waals surface area contributed by atoms with Crippen molar-refractivity contribution in [3.8, 4) is 0 Å². The van der Waals surface area contributed by atoms with Crippen LogP contribution < -0.4 is 11.1 Å². The first-order valence-corrected chi connectivity index (χ1v) is 12.3. The molecule has 4 atom stereocenters. The van der Waals surface area contributed by atoms with Gasteiger partial charge < -0.3 is 25.1 Å². The number of nitrogens with two attached hydrogens (primary N) is 1. The molecule has 2 heterocycles. The highest BCUT2D eigenvalue weighted by Crippen LogP contribution is 2.51. The van der Waals surface area contributed by atoms with Crippen molar-refractivity contribution in [2.45, 2.75) is 69.5 Å². The lowest BCUT2D eigenvalue weighted by molar-refractivity contribution is -0.124. The summed E-state index contributed by atoms with van der Waals surface area (Å²) in [6.45, 7) is 7.96.